The highest BCUT2D eigenvalue weighted by molar-refractivity contribution is 5.99. The first kappa shape index (κ1) is 29.2. The van der Waals surface area contributed by atoms with Crippen LogP contribution in [0, 0.1) is 52.8 Å². The summed E-state index contributed by atoms with van der Waals surface area (Å²) in [6.07, 6.45) is -0.905. The summed E-state index contributed by atoms with van der Waals surface area (Å²) in [7, 11) is 0. The van der Waals surface area contributed by atoms with E-state index in [4.69, 9.17) is 0 Å². The summed E-state index contributed by atoms with van der Waals surface area (Å²) in [5.74, 6) is -0.832. The first-order valence-electron chi connectivity index (χ1n) is 13.9. The quantitative estimate of drug-likeness (QED) is 0.177. The molecule has 226 valence electrons. The van der Waals surface area contributed by atoms with Gasteiger partial charge in [-0.15, -0.1) is 5.10 Å². The lowest BCUT2D eigenvalue weighted by atomic mass is 9.50. The molecule has 14 heteroatoms. The molecule has 3 fully saturated rings. The molecule has 3 saturated carbocycles. The molecule has 1 atom stereocenters. The lowest BCUT2D eigenvalue weighted by Crippen LogP contribution is -2.60. The van der Waals surface area contributed by atoms with Crippen molar-refractivity contribution >= 4 is 22.3 Å². The lowest BCUT2D eigenvalue weighted by molar-refractivity contribution is -0.206. The SMILES string of the molecule is Cc1nc(F)ccc1[C@H](Nc1cc(C#N)c2ncc(C#N)c(NCC(C)(C)C(F)(F)F)c2c1)c1nnn(C23CC(C2)C3)c1F. The van der Waals surface area contributed by atoms with E-state index >= 15 is 4.39 Å². The number of pyridine rings is 2. The second-order valence-electron chi connectivity index (χ2n) is 12.2. The van der Waals surface area contributed by atoms with E-state index in [1.165, 1.54) is 29.1 Å². The summed E-state index contributed by atoms with van der Waals surface area (Å²) < 4.78 is 72.2. The predicted molar refractivity (Wildman–Crippen MR) is 149 cm³/mol. The maximum Gasteiger partial charge on any atom is 0.395 e. The average molecular weight is 608 g/mol. The van der Waals surface area contributed by atoms with Crippen LogP contribution >= 0.6 is 0 Å². The minimum absolute atomic E-state index is 0.0285. The van der Waals surface area contributed by atoms with Gasteiger partial charge in [0.15, 0.2) is 0 Å². The van der Waals surface area contributed by atoms with E-state index in [2.05, 4.69) is 30.9 Å². The first-order chi connectivity index (χ1) is 20.8. The summed E-state index contributed by atoms with van der Waals surface area (Å²) in [6.45, 7) is 3.05. The van der Waals surface area contributed by atoms with Crippen LogP contribution in [0.5, 0.6) is 0 Å². The molecular weight excluding hydrogens is 581 g/mol. The van der Waals surface area contributed by atoms with Crippen molar-refractivity contribution in [1.82, 2.24) is 25.0 Å². The molecule has 7 rings (SSSR count). The van der Waals surface area contributed by atoms with Crippen molar-refractivity contribution in [3.63, 3.8) is 0 Å². The van der Waals surface area contributed by atoms with Crippen LogP contribution in [0.2, 0.25) is 0 Å². The standard InChI is InChI=1S/C30H26F5N9/c1-15-20(4-5-22(31)40-15)25(26-27(32)44(43-42-26)29-8-16(9-29)10-29)41-19-6-17(11-36)23-21(7-19)24(18(12-37)13-38-23)39-14-28(2,3)30(33,34)35/h4-7,13,16,25,41H,8-10,14H2,1-3H3,(H,38,39)/t16?,25-,29?/m0/s1. The van der Waals surface area contributed by atoms with E-state index in [0.29, 0.717) is 11.5 Å². The Balaban J connectivity index is 1.46. The van der Waals surface area contributed by atoms with Crippen LogP contribution < -0.4 is 10.6 Å². The maximum absolute atomic E-state index is 16.0. The Hall–Kier alpha value is -4.85. The Kier molecular flexibility index (Phi) is 6.72. The smallest absolute Gasteiger partial charge is 0.382 e. The van der Waals surface area contributed by atoms with Gasteiger partial charge >= 0.3 is 6.18 Å². The third-order valence-corrected chi connectivity index (χ3v) is 8.77. The van der Waals surface area contributed by atoms with E-state index in [9.17, 15) is 28.1 Å². The fourth-order valence-corrected chi connectivity index (χ4v) is 5.92. The molecule has 0 aliphatic heterocycles. The summed E-state index contributed by atoms with van der Waals surface area (Å²) in [6, 6.07) is 8.48. The summed E-state index contributed by atoms with van der Waals surface area (Å²) >= 11 is 0. The highest BCUT2D eigenvalue weighted by atomic mass is 19.4. The molecule has 3 aromatic heterocycles. The molecule has 9 nitrogen and oxygen atoms in total. The number of hydrogen-bond acceptors (Lipinski definition) is 8. The van der Waals surface area contributed by atoms with Gasteiger partial charge in [-0.05, 0) is 64.2 Å². The van der Waals surface area contributed by atoms with Crippen molar-refractivity contribution in [2.24, 2.45) is 11.3 Å². The number of aromatic nitrogens is 5. The maximum atomic E-state index is 16.0. The van der Waals surface area contributed by atoms with Crippen LogP contribution in [0.3, 0.4) is 0 Å². The molecule has 0 radical (unpaired) electrons. The zero-order chi connectivity index (χ0) is 31.6. The van der Waals surface area contributed by atoms with Crippen LogP contribution in [0.4, 0.5) is 33.3 Å². The van der Waals surface area contributed by atoms with Crippen molar-refractivity contribution in [3.05, 3.63) is 70.4 Å². The van der Waals surface area contributed by atoms with E-state index in [-0.39, 0.29) is 44.8 Å². The van der Waals surface area contributed by atoms with Crippen LogP contribution in [-0.2, 0) is 5.54 Å². The molecule has 2 N–H and O–H groups in total. The Morgan fingerprint density at radius 2 is 1.80 bits per heavy atom. The predicted octanol–water partition coefficient (Wildman–Crippen LogP) is 6.26. The van der Waals surface area contributed by atoms with Gasteiger partial charge in [0.05, 0.1) is 33.3 Å². The van der Waals surface area contributed by atoms with E-state index in [0.717, 1.165) is 39.2 Å². The monoisotopic (exact) mass is 607 g/mol. The first-order valence-corrected chi connectivity index (χ1v) is 13.9. The Labute approximate surface area is 248 Å². The largest absolute Gasteiger partial charge is 0.395 e. The Morgan fingerprint density at radius 3 is 2.39 bits per heavy atom. The van der Waals surface area contributed by atoms with Gasteiger partial charge in [0.1, 0.15) is 23.9 Å². The number of anilines is 2. The molecular formula is C30H26F5N9. The minimum Gasteiger partial charge on any atom is -0.382 e. The van der Waals surface area contributed by atoms with Gasteiger partial charge in [-0.25, -0.2) is 9.67 Å². The number of benzene rings is 1. The number of aryl methyl sites for hydroxylation is 1. The zero-order valence-corrected chi connectivity index (χ0v) is 23.9. The molecule has 0 unspecified atom stereocenters. The highest BCUT2D eigenvalue weighted by Gasteiger charge is 2.60. The highest BCUT2D eigenvalue weighted by Crippen LogP contribution is 2.62. The van der Waals surface area contributed by atoms with E-state index < -0.39 is 41.6 Å². The van der Waals surface area contributed by atoms with Crippen molar-refractivity contribution < 1.29 is 22.0 Å². The second-order valence-corrected chi connectivity index (χ2v) is 12.2. The fourth-order valence-electron chi connectivity index (χ4n) is 5.92. The van der Waals surface area contributed by atoms with Crippen LogP contribution in [-0.4, -0.2) is 37.7 Å². The van der Waals surface area contributed by atoms with Crippen molar-refractivity contribution in [3.8, 4) is 12.1 Å². The number of hydrogen-bond donors (Lipinski definition) is 2. The number of nitriles is 2. The lowest BCUT2D eigenvalue weighted by Gasteiger charge is -2.60. The molecule has 0 saturated heterocycles. The number of nitrogens with zero attached hydrogens (tertiary/aromatic N) is 7. The molecule has 1 aromatic carbocycles. The van der Waals surface area contributed by atoms with Gasteiger partial charge in [-0.2, -0.15) is 32.5 Å². The van der Waals surface area contributed by atoms with Crippen molar-refractivity contribution in [2.75, 3.05) is 17.2 Å². The number of nitrogens with one attached hydrogen (secondary N) is 2. The number of halogens is 5. The molecule has 0 amide bonds. The summed E-state index contributed by atoms with van der Waals surface area (Å²) in [4.78, 5) is 8.11. The van der Waals surface area contributed by atoms with Gasteiger partial charge in [-0.3, -0.25) is 4.98 Å². The minimum atomic E-state index is -4.53. The third-order valence-electron chi connectivity index (χ3n) is 8.77. The fraction of sp³-hybridized carbons (Fsp3) is 0.400. The van der Waals surface area contributed by atoms with E-state index in [1.54, 1.807) is 6.92 Å². The Morgan fingerprint density at radius 1 is 1.09 bits per heavy atom. The second kappa shape index (κ2) is 10.1. The topological polar surface area (TPSA) is 128 Å². The molecule has 44 heavy (non-hydrogen) atoms. The molecule has 3 aliphatic rings. The van der Waals surface area contributed by atoms with Crippen molar-refractivity contribution in [2.45, 2.75) is 57.8 Å². The number of fused-ring (bicyclic) bond motifs is 1. The van der Waals surface area contributed by atoms with Crippen LogP contribution in [0.1, 0.15) is 67.2 Å². The molecule has 3 aliphatic carbocycles. The number of alkyl halides is 3. The average Bonchev–Trinajstić information content (AvgIpc) is 3.28. The van der Waals surface area contributed by atoms with Gasteiger partial charge in [0, 0.05) is 35.1 Å². The summed E-state index contributed by atoms with van der Waals surface area (Å²) in [5.41, 5.74) is -1.48. The normalized spacial score (nSPS) is 19.8. The zero-order valence-electron chi connectivity index (χ0n) is 23.9. The van der Waals surface area contributed by atoms with Crippen LogP contribution in [0.25, 0.3) is 10.9 Å². The van der Waals surface area contributed by atoms with Crippen molar-refractivity contribution in [1.29, 1.82) is 10.5 Å². The molecule has 0 spiro atoms. The molecule has 4 aromatic rings. The van der Waals surface area contributed by atoms with E-state index in [1.807, 2.05) is 12.1 Å². The molecule has 3 heterocycles. The number of rotatable bonds is 8. The van der Waals surface area contributed by atoms with Gasteiger partial charge in [0.2, 0.25) is 11.9 Å². The van der Waals surface area contributed by atoms with Gasteiger partial charge < -0.3 is 10.6 Å². The Bertz CT molecular complexity index is 1870. The van der Waals surface area contributed by atoms with Gasteiger partial charge in [-0.1, -0.05) is 11.3 Å². The third kappa shape index (κ3) is 4.65. The summed E-state index contributed by atoms with van der Waals surface area (Å²) in [5, 5.41) is 34.1. The van der Waals surface area contributed by atoms with Crippen LogP contribution in [0.15, 0.2) is 30.5 Å². The van der Waals surface area contributed by atoms with Gasteiger partial charge in [0.25, 0.3) is 0 Å². The molecule has 2 bridgehead atoms.